The van der Waals surface area contributed by atoms with Gasteiger partial charge in [-0.3, -0.25) is 0 Å². The zero-order valence-electron chi connectivity index (χ0n) is 22.4. The van der Waals surface area contributed by atoms with Gasteiger partial charge in [-0.1, -0.05) is 53.2 Å². The maximum Gasteiger partial charge on any atom is 0.126 e. The van der Waals surface area contributed by atoms with E-state index < -0.39 is 17.6 Å². The molecule has 0 radical (unpaired) electrons. The molecule has 4 fully saturated rings. The number of aliphatic hydroxyl groups is 3. The number of allylic oxidation sites excluding steroid dienone is 2. The minimum atomic E-state index is -0.675. The van der Waals surface area contributed by atoms with Crippen molar-refractivity contribution in [3.8, 4) is 0 Å². The normalized spacial score (nSPS) is 56.3. The average Bonchev–Trinajstić information content (AvgIpc) is 2.76. The lowest BCUT2D eigenvalue weighted by Crippen LogP contribution is -2.69. The summed E-state index contributed by atoms with van der Waals surface area (Å²) in [6, 6.07) is 0. The summed E-state index contributed by atoms with van der Waals surface area (Å²) in [5.74, 6) is 0.585. The highest BCUT2D eigenvalue weighted by atomic mass is 16.3. The Labute approximate surface area is 206 Å². The molecule has 5 aliphatic carbocycles. The SMILES string of the molecule is CC1(C)CC[C@]2(C=O)CC[C@]3(C)C(=CCC4[C@@]5(C)CC[C@H](O)[C@@](C)(CO)C5[C@@H](O)C[C@]43C)C2C1. The molecule has 192 valence electrons. The molecule has 0 heterocycles. The van der Waals surface area contributed by atoms with Gasteiger partial charge in [0.05, 0.1) is 18.8 Å². The van der Waals surface area contributed by atoms with Crippen LogP contribution in [-0.2, 0) is 4.79 Å². The molecule has 0 amide bonds. The maximum absolute atomic E-state index is 12.6. The lowest BCUT2D eigenvalue weighted by molar-refractivity contribution is -0.251. The molecule has 3 unspecified atom stereocenters. The standard InChI is InChI=1S/C30H48O4/c1-25(2)11-13-30(18-32)14-12-28(5)19(20(30)15-25)7-8-22-26(3)10-9-23(34)27(4,17-31)24(26)21(33)16-29(22,28)6/h7,18,20-24,31,33-34H,8-17H2,1-6H3/t20?,21-,22?,23-,24?,26+,27+,28+,29+,30+/m0/s1. The van der Waals surface area contributed by atoms with Gasteiger partial charge in [0.1, 0.15) is 6.29 Å². The lowest BCUT2D eigenvalue weighted by Gasteiger charge is -2.72. The first-order valence-corrected chi connectivity index (χ1v) is 13.9. The van der Waals surface area contributed by atoms with E-state index in [2.05, 4.69) is 40.7 Å². The van der Waals surface area contributed by atoms with E-state index in [1.54, 1.807) is 0 Å². The predicted molar refractivity (Wildman–Crippen MR) is 134 cm³/mol. The Balaban J connectivity index is 1.62. The van der Waals surface area contributed by atoms with Crippen LogP contribution in [-0.4, -0.2) is 40.4 Å². The van der Waals surface area contributed by atoms with Crippen LogP contribution in [0, 0.1) is 50.2 Å². The third-order valence-electron chi connectivity index (χ3n) is 13.0. The zero-order chi connectivity index (χ0) is 24.9. The van der Waals surface area contributed by atoms with Crippen molar-refractivity contribution >= 4 is 6.29 Å². The summed E-state index contributed by atoms with van der Waals surface area (Å²) in [5.41, 5.74) is 0.614. The van der Waals surface area contributed by atoms with E-state index in [0.717, 1.165) is 44.9 Å². The zero-order valence-corrected chi connectivity index (χ0v) is 22.4. The smallest absolute Gasteiger partial charge is 0.126 e. The van der Waals surface area contributed by atoms with Crippen LogP contribution in [0.5, 0.6) is 0 Å². The molecule has 34 heavy (non-hydrogen) atoms. The number of aliphatic hydroxyl groups excluding tert-OH is 3. The minimum Gasteiger partial charge on any atom is -0.396 e. The van der Waals surface area contributed by atoms with E-state index >= 15 is 0 Å². The lowest BCUT2D eigenvalue weighted by atomic mass is 9.33. The fraction of sp³-hybridized carbons (Fsp3) is 0.900. The van der Waals surface area contributed by atoms with Crippen LogP contribution in [0.2, 0.25) is 0 Å². The summed E-state index contributed by atoms with van der Waals surface area (Å²) in [4.78, 5) is 12.6. The summed E-state index contributed by atoms with van der Waals surface area (Å²) in [5, 5.41) is 33.1. The fourth-order valence-electron chi connectivity index (χ4n) is 10.7. The first kappa shape index (κ1) is 25.0. The molecule has 5 aliphatic rings. The van der Waals surface area contributed by atoms with Gasteiger partial charge in [-0.2, -0.15) is 0 Å². The molecular formula is C30H48O4. The number of carbonyl (C=O) groups is 1. The Kier molecular flexibility index (Phi) is 5.44. The van der Waals surface area contributed by atoms with Gasteiger partial charge in [0.2, 0.25) is 0 Å². The highest BCUT2D eigenvalue weighted by Crippen LogP contribution is 2.75. The highest BCUT2D eigenvalue weighted by molar-refractivity contribution is 5.63. The first-order chi connectivity index (χ1) is 15.7. The molecule has 0 aliphatic heterocycles. The molecule has 10 atom stereocenters. The van der Waals surface area contributed by atoms with Crippen molar-refractivity contribution in [1.82, 2.24) is 0 Å². The van der Waals surface area contributed by atoms with E-state index in [9.17, 15) is 20.1 Å². The van der Waals surface area contributed by atoms with Crippen LogP contribution in [0.1, 0.15) is 99.3 Å². The Bertz CT molecular complexity index is 894. The quantitative estimate of drug-likeness (QED) is 0.377. The number of hydrogen-bond donors (Lipinski definition) is 3. The van der Waals surface area contributed by atoms with Crippen LogP contribution < -0.4 is 0 Å². The van der Waals surface area contributed by atoms with Crippen molar-refractivity contribution in [2.24, 2.45) is 50.2 Å². The van der Waals surface area contributed by atoms with E-state index in [1.807, 2.05) is 6.92 Å². The highest BCUT2D eigenvalue weighted by Gasteiger charge is 2.70. The Hall–Kier alpha value is -0.710. The molecule has 4 heteroatoms. The molecule has 0 saturated heterocycles. The van der Waals surface area contributed by atoms with Crippen molar-refractivity contribution in [3.63, 3.8) is 0 Å². The molecule has 0 spiro atoms. The largest absolute Gasteiger partial charge is 0.396 e. The monoisotopic (exact) mass is 472 g/mol. The molecule has 0 bridgehead atoms. The van der Waals surface area contributed by atoms with E-state index in [1.165, 1.54) is 11.9 Å². The molecule has 5 rings (SSSR count). The molecule has 0 aromatic carbocycles. The average molecular weight is 473 g/mol. The van der Waals surface area contributed by atoms with Crippen molar-refractivity contribution in [1.29, 1.82) is 0 Å². The number of aldehydes is 1. The topological polar surface area (TPSA) is 77.8 Å². The Morgan fingerprint density at radius 3 is 2.29 bits per heavy atom. The number of hydrogen-bond acceptors (Lipinski definition) is 4. The van der Waals surface area contributed by atoms with Gasteiger partial charge >= 0.3 is 0 Å². The third-order valence-corrected chi connectivity index (χ3v) is 13.0. The maximum atomic E-state index is 12.6. The van der Waals surface area contributed by atoms with Crippen LogP contribution in [0.3, 0.4) is 0 Å². The van der Waals surface area contributed by atoms with Crippen LogP contribution in [0.15, 0.2) is 11.6 Å². The third kappa shape index (κ3) is 2.91. The van der Waals surface area contributed by atoms with Crippen molar-refractivity contribution in [3.05, 3.63) is 11.6 Å². The van der Waals surface area contributed by atoms with Crippen molar-refractivity contribution in [2.45, 2.75) is 112 Å². The molecule has 0 aromatic heterocycles. The van der Waals surface area contributed by atoms with Crippen LogP contribution in [0.4, 0.5) is 0 Å². The van der Waals surface area contributed by atoms with Crippen molar-refractivity contribution < 1.29 is 20.1 Å². The molecule has 4 nitrogen and oxygen atoms in total. The summed E-state index contributed by atoms with van der Waals surface area (Å²) in [6.07, 6.45) is 11.1. The second-order valence-electron chi connectivity index (χ2n) is 14.9. The summed E-state index contributed by atoms with van der Waals surface area (Å²) >= 11 is 0. The Morgan fingerprint density at radius 1 is 0.971 bits per heavy atom. The van der Waals surface area contributed by atoms with Gasteiger partial charge in [0, 0.05) is 16.7 Å². The van der Waals surface area contributed by atoms with Gasteiger partial charge in [-0.25, -0.2) is 0 Å². The van der Waals surface area contributed by atoms with Gasteiger partial charge in [0.15, 0.2) is 0 Å². The number of carbonyl (C=O) groups excluding carboxylic acids is 1. The van der Waals surface area contributed by atoms with Crippen molar-refractivity contribution in [2.75, 3.05) is 6.61 Å². The Morgan fingerprint density at radius 2 is 1.65 bits per heavy atom. The van der Waals surface area contributed by atoms with Gasteiger partial charge in [-0.05, 0) is 91.3 Å². The van der Waals surface area contributed by atoms with Crippen LogP contribution in [0.25, 0.3) is 0 Å². The second-order valence-corrected chi connectivity index (χ2v) is 14.9. The van der Waals surface area contributed by atoms with E-state index in [0.29, 0.717) is 24.7 Å². The summed E-state index contributed by atoms with van der Waals surface area (Å²) in [6.45, 7) is 13.8. The summed E-state index contributed by atoms with van der Waals surface area (Å²) < 4.78 is 0. The fourth-order valence-corrected chi connectivity index (χ4v) is 10.7. The molecular weight excluding hydrogens is 424 g/mol. The second kappa shape index (κ2) is 7.42. The van der Waals surface area contributed by atoms with Crippen LogP contribution >= 0.6 is 0 Å². The molecule has 4 saturated carbocycles. The van der Waals surface area contributed by atoms with Gasteiger partial charge < -0.3 is 20.1 Å². The van der Waals surface area contributed by atoms with E-state index in [-0.39, 0.29) is 39.6 Å². The first-order valence-electron chi connectivity index (χ1n) is 13.9. The summed E-state index contributed by atoms with van der Waals surface area (Å²) in [7, 11) is 0. The number of fused-ring (bicyclic) bond motifs is 7. The number of rotatable bonds is 2. The predicted octanol–water partition coefficient (Wildman–Crippen LogP) is 5.29. The minimum absolute atomic E-state index is 0.0405. The van der Waals surface area contributed by atoms with Gasteiger partial charge in [0.25, 0.3) is 0 Å². The van der Waals surface area contributed by atoms with Gasteiger partial charge in [-0.15, -0.1) is 0 Å². The molecule has 3 N–H and O–H groups in total. The molecule has 0 aromatic rings. The van der Waals surface area contributed by atoms with E-state index in [4.69, 9.17) is 0 Å².